The normalized spacial score (nSPS) is 22.0. The fraction of sp³-hybridized carbons (Fsp3) is 0.286. The van der Waals surface area contributed by atoms with E-state index in [-0.39, 0.29) is 29.9 Å². The Morgan fingerprint density at radius 2 is 2.06 bits per heavy atom. The van der Waals surface area contributed by atoms with Gasteiger partial charge in [0.25, 0.3) is 5.56 Å². The number of aryl methyl sites for hydroxylation is 1. The Bertz CT molecular complexity index is 1440. The van der Waals surface area contributed by atoms with E-state index in [1.54, 1.807) is 17.9 Å². The van der Waals surface area contributed by atoms with E-state index in [0.717, 1.165) is 11.6 Å². The monoisotopic (exact) mass is 422 g/mol. The van der Waals surface area contributed by atoms with Crippen LogP contribution in [0.2, 0.25) is 0 Å². The van der Waals surface area contributed by atoms with E-state index in [2.05, 4.69) is 20.1 Å². The van der Waals surface area contributed by atoms with Crippen LogP contribution in [-0.2, 0) is 13.6 Å². The summed E-state index contributed by atoms with van der Waals surface area (Å²) in [5.41, 5.74) is 1.89. The van der Waals surface area contributed by atoms with Crippen molar-refractivity contribution in [3.05, 3.63) is 76.2 Å². The molecule has 10 heteroatoms. The van der Waals surface area contributed by atoms with Crippen molar-refractivity contribution < 1.29 is 13.3 Å². The molecule has 0 aliphatic heterocycles. The third-order valence-electron chi connectivity index (χ3n) is 6.14. The first kappa shape index (κ1) is 18.1. The molecule has 4 aromatic rings. The minimum atomic E-state index is -0.584. The second kappa shape index (κ2) is 6.40. The van der Waals surface area contributed by atoms with Crippen LogP contribution in [0.15, 0.2) is 46.2 Å². The summed E-state index contributed by atoms with van der Waals surface area (Å²) in [6.45, 7) is 0.115. The molecule has 1 fully saturated rings. The Hall–Kier alpha value is -3.69. The van der Waals surface area contributed by atoms with E-state index in [9.17, 15) is 13.6 Å². The number of benzene rings is 1. The lowest BCUT2D eigenvalue weighted by Gasteiger charge is -2.07. The standard InChI is InChI=1S/C21H16F2N6O2/c1-28-8-24-20-18(28)21(30)29(9-25-20)7-16-26-19(27-31-16)17-13-4-10(5-14(13)17)12-3-2-11(22)6-15(12)23/h2-4,6,8-9,13-14,17H,5,7H2,1H3/t13-,14+,17+/m1/s1. The quantitative estimate of drug-likeness (QED) is 0.502. The summed E-state index contributed by atoms with van der Waals surface area (Å²) in [4.78, 5) is 25.4. The van der Waals surface area contributed by atoms with E-state index in [4.69, 9.17) is 4.52 Å². The predicted octanol–water partition coefficient (Wildman–Crippen LogP) is 2.66. The van der Waals surface area contributed by atoms with E-state index in [0.29, 0.717) is 34.9 Å². The Kier molecular flexibility index (Phi) is 3.74. The molecule has 2 aliphatic carbocycles. The summed E-state index contributed by atoms with van der Waals surface area (Å²) in [5, 5.41) is 4.09. The highest BCUT2D eigenvalue weighted by Gasteiger charge is 2.55. The van der Waals surface area contributed by atoms with Crippen LogP contribution in [0.3, 0.4) is 0 Å². The van der Waals surface area contributed by atoms with Gasteiger partial charge < -0.3 is 9.09 Å². The molecule has 0 amide bonds. The Morgan fingerprint density at radius 3 is 2.84 bits per heavy atom. The molecule has 3 atom stereocenters. The van der Waals surface area contributed by atoms with Crippen molar-refractivity contribution in [2.75, 3.05) is 0 Å². The maximum Gasteiger partial charge on any atom is 0.280 e. The van der Waals surface area contributed by atoms with Crippen LogP contribution in [0, 0.1) is 23.5 Å². The molecular weight excluding hydrogens is 406 g/mol. The maximum atomic E-state index is 14.1. The first-order valence-electron chi connectivity index (χ1n) is 9.84. The maximum absolute atomic E-state index is 14.1. The first-order valence-corrected chi connectivity index (χ1v) is 9.84. The molecule has 31 heavy (non-hydrogen) atoms. The topological polar surface area (TPSA) is 91.6 Å². The SMILES string of the molecule is Cn1cnc2ncn(Cc3nc([C@H]4[C@@H]5C=C(c6ccc(F)cc6F)C[C@@H]54)no3)c(=O)c21. The number of imidazole rings is 1. The van der Waals surface area contributed by atoms with Crippen molar-refractivity contribution in [2.45, 2.75) is 18.9 Å². The number of halogens is 2. The van der Waals surface area contributed by atoms with Gasteiger partial charge in [0.15, 0.2) is 17.0 Å². The zero-order chi connectivity index (χ0) is 21.3. The minimum absolute atomic E-state index is 0.110. The molecule has 0 saturated heterocycles. The average molecular weight is 422 g/mol. The van der Waals surface area contributed by atoms with Crippen molar-refractivity contribution in [1.82, 2.24) is 29.2 Å². The summed E-state index contributed by atoms with van der Waals surface area (Å²) in [5.74, 6) is 0.371. The van der Waals surface area contributed by atoms with Crippen LogP contribution in [-0.4, -0.2) is 29.2 Å². The molecule has 156 valence electrons. The lowest BCUT2D eigenvalue weighted by molar-refractivity contribution is 0.364. The zero-order valence-electron chi connectivity index (χ0n) is 16.4. The van der Waals surface area contributed by atoms with E-state index < -0.39 is 11.6 Å². The number of rotatable bonds is 4. The van der Waals surface area contributed by atoms with Crippen LogP contribution >= 0.6 is 0 Å². The first-order chi connectivity index (χ1) is 15.0. The molecule has 1 saturated carbocycles. The van der Waals surface area contributed by atoms with Gasteiger partial charge in [0.05, 0.1) is 6.33 Å². The predicted molar refractivity (Wildman–Crippen MR) is 105 cm³/mol. The molecular formula is C21H16F2N6O2. The molecule has 2 aliphatic rings. The molecule has 8 nitrogen and oxygen atoms in total. The summed E-state index contributed by atoms with van der Waals surface area (Å²) in [7, 11) is 1.74. The second-order valence-corrected chi connectivity index (χ2v) is 8.04. The third-order valence-corrected chi connectivity index (χ3v) is 6.14. The Labute approximate surface area is 173 Å². The number of fused-ring (bicyclic) bond motifs is 2. The van der Waals surface area contributed by atoms with E-state index in [1.807, 2.05) is 6.08 Å². The van der Waals surface area contributed by atoms with Crippen molar-refractivity contribution in [1.29, 1.82) is 0 Å². The molecule has 0 spiro atoms. The number of hydrogen-bond donors (Lipinski definition) is 0. The molecule has 0 N–H and O–H groups in total. The zero-order valence-corrected chi connectivity index (χ0v) is 16.4. The Morgan fingerprint density at radius 1 is 1.23 bits per heavy atom. The second-order valence-electron chi connectivity index (χ2n) is 8.04. The summed E-state index contributed by atoms with van der Waals surface area (Å²) < 4.78 is 35.6. The minimum Gasteiger partial charge on any atom is -0.337 e. The van der Waals surface area contributed by atoms with Crippen LogP contribution < -0.4 is 5.56 Å². The average Bonchev–Trinajstić information content (AvgIpc) is 3.16. The number of hydrogen-bond acceptors (Lipinski definition) is 6. The summed E-state index contributed by atoms with van der Waals surface area (Å²) in [6.07, 6.45) is 5.66. The molecule has 6 rings (SSSR count). The van der Waals surface area contributed by atoms with Gasteiger partial charge in [-0.05, 0) is 36.0 Å². The molecule has 3 heterocycles. The highest BCUT2D eigenvalue weighted by atomic mass is 19.1. The Balaban J connectivity index is 1.21. The van der Waals surface area contributed by atoms with Gasteiger partial charge >= 0.3 is 0 Å². The number of nitrogens with zero attached hydrogens (tertiary/aromatic N) is 6. The lowest BCUT2D eigenvalue weighted by Crippen LogP contribution is -2.22. The molecule has 1 aromatic carbocycles. The highest BCUT2D eigenvalue weighted by Crippen LogP contribution is 2.62. The molecule has 3 aromatic heterocycles. The van der Waals surface area contributed by atoms with E-state index in [1.165, 1.54) is 23.0 Å². The highest BCUT2D eigenvalue weighted by molar-refractivity contribution is 5.71. The molecule has 0 unspecified atom stereocenters. The van der Waals surface area contributed by atoms with Gasteiger partial charge in [0, 0.05) is 24.6 Å². The van der Waals surface area contributed by atoms with Gasteiger partial charge in [-0.3, -0.25) is 9.36 Å². The van der Waals surface area contributed by atoms with Gasteiger partial charge in [-0.25, -0.2) is 18.7 Å². The van der Waals surface area contributed by atoms with Gasteiger partial charge in [-0.15, -0.1) is 0 Å². The van der Waals surface area contributed by atoms with Crippen molar-refractivity contribution in [2.24, 2.45) is 18.9 Å². The number of aromatic nitrogens is 6. The lowest BCUT2D eigenvalue weighted by atomic mass is 10.0. The number of allylic oxidation sites excluding steroid dienone is 2. The van der Waals surface area contributed by atoms with Crippen molar-refractivity contribution in [3.8, 4) is 0 Å². The largest absolute Gasteiger partial charge is 0.337 e. The molecule has 0 radical (unpaired) electrons. The van der Waals surface area contributed by atoms with Gasteiger partial charge in [0.2, 0.25) is 5.89 Å². The van der Waals surface area contributed by atoms with Crippen molar-refractivity contribution >= 4 is 16.7 Å². The van der Waals surface area contributed by atoms with Gasteiger partial charge in [0.1, 0.15) is 24.5 Å². The molecule has 0 bridgehead atoms. The van der Waals surface area contributed by atoms with Crippen LogP contribution in [0.1, 0.15) is 29.6 Å². The third kappa shape index (κ3) is 2.82. The van der Waals surface area contributed by atoms with Crippen LogP contribution in [0.5, 0.6) is 0 Å². The summed E-state index contributed by atoms with van der Waals surface area (Å²) >= 11 is 0. The van der Waals surface area contributed by atoms with Crippen molar-refractivity contribution in [3.63, 3.8) is 0 Å². The van der Waals surface area contributed by atoms with Crippen LogP contribution in [0.4, 0.5) is 8.78 Å². The smallest absolute Gasteiger partial charge is 0.280 e. The summed E-state index contributed by atoms with van der Waals surface area (Å²) in [6, 6.07) is 3.65. The fourth-order valence-corrected chi connectivity index (χ4v) is 4.56. The van der Waals surface area contributed by atoms with Gasteiger partial charge in [-0.1, -0.05) is 11.2 Å². The van der Waals surface area contributed by atoms with E-state index >= 15 is 0 Å². The van der Waals surface area contributed by atoms with Gasteiger partial charge in [-0.2, -0.15) is 4.98 Å². The van der Waals surface area contributed by atoms with Crippen LogP contribution in [0.25, 0.3) is 16.7 Å². The fourth-order valence-electron chi connectivity index (χ4n) is 4.56.